The fraction of sp³-hybridized carbons (Fsp3) is 0.0500. The topological polar surface area (TPSA) is 20.3 Å². The second-order valence-electron chi connectivity index (χ2n) is 5.45. The van der Waals surface area contributed by atoms with Crippen LogP contribution in [0.15, 0.2) is 72.8 Å². The van der Waals surface area contributed by atoms with Gasteiger partial charge in [0, 0.05) is 11.4 Å². The van der Waals surface area contributed by atoms with E-state index in [1.54, 1.807) is 12.1 Å². The Kier molecular flexibility index (Phi) is 4.84. The number of anilines is 2. The van der Waals surface area contributed by atoms with E-state index in [4.69, 9.17) is 0 Å². The molecule has 0 unspecified atom stereocenters. The molecule has 0 saturated carbocycles. The van der Waals surface area contributed by atoms with E-state index in [0.717, 1.165) is 0 Å². The van der Waals surface area contributed by atoms with E-state index in [9.17, 15) is 18.0 Å². The first-order valence-electron chi connectivity index (χ1n) is 7.62. The molecule has 1 amide bonds. The lowest BCUT2D eigenvalue weighted by Crippen LogP contribution is -2.27. The van der Waals surface area contributed by atoms with Crippen LogP contribution in [-0.4, -0.2) is 5.91 Å². The van der Waals surface area contributed by atoms with E-state index in [1.807, 2.05) is 0 Å². The molecule has 0 heterocycles. The van der Waals surface area contributed by atoms with Crippen LogP contribution in [0.3, 0.4) is 0 Å². The lowest BCUT2D eigenvalue weighted by Gasteiger charge is -2.23. The number of amides is 1. The van der Waals surface area contributed by atoms with E-state index in [1.165, 1.54) is 65.6 Å². The highest BCUT2D eigenvalue weighted by Crippen LogP contribution is 2.27. The van der Waals surface area contributed by atoms with E-state index in [0.29, 0.717) is 11.4 Å². The van der Waals surface area contributed by atoms with Crippen molar-refractivity contribution in [3.8, 4) is 0 Å². The van der Waals surface area contributed by atoms with Crippen molar-refractivity contribution in [3.63, 3.8) is 0 Å². The largest absolute Gasteiger partial charge is 0.281 e. The highest BCUT2D eigenvalue weighted by Gasteiger charge is 2.20. The molecule has 0 saturated heterocycles. The van der Waals surface area contributed by atoms with Crippen LogP contribution in [0.25, 0.3) is 0 Å². The third-order valence-corrected chi connectivity index (χ3v) is 3.72. The molecule has 3 aromatic rings. The number of carbonyl (C=O) groups excluding carboxylic acids is 1. The average molecular weight is 341 g/mol. The highest BCUT2D eigenvalue weighted by atomic mass is 19.1. The van der Waals surface area contributed by atoms with Gasteiger partial charge in [0.25, 0.3) is 0 Å². The van der Waals surface area contributed by atoms with Crippen LogP contribution in [0.1, 0.15) is 5.56 Å². The number of halogens is 3. The van der Waals surface area contributed by atoms with Crippen LogP contribution in [0.2, 0.25) is 0 Å². The number of nitrogens with zero attached hydrogens (tertiary/aromatic N) is 1. The third kappa shape index (κ3) is 3.88. The molecule has 0 aliphatic heterocycles. The molecule has 0 radical (unpaired) electrons. The van der Waals surface area contributed by atoms with Crippen LogP contribution in [0, 0.1) is 17.5 Å². The molecule has 2 nitrogen and oxygen atoms in total. The van der Waals surface area contributed by atoms with Gasteiger partial charge in [0.05, 0.1) is 6.42 Å². The molecule has 126 valence electrons. The van der Waals surface area contributed by atoms with Gasteiger partial charge in [0.15, 0.2) is 0 Å². The summed E-state index contributed by atoms with van der Waals surface area (Å²) in [5.41, 5.74) is 1.07. The fourth-order valence-corrected chi connectivity index (χ4v) is 2.50. The summed E-state index contributed by atoms with van der Waals surface area (Å²) in [5.74, 6) is -1.77. The molecule has 0 aliphatic rings. The fourth-order valence-electron chi connectivity index (χ4n) is 2.50. The first-order valence-corrected chi connectivity index (χ1v) is 7.62. The molecule has 0 bridgehead atoms. The minimum absolute atomic E-state index is 0.179. The van der Waals surface area contributed by atoms with Gasteiger partial charge >= 0.3 is 0 Å². The smallest absolute Gasteiger partial charge is 0.236 e. The standard InChI is InChI=1S/C20H14F3NO/c21-15-5-9-17(10-6-15)24(18-11-7-16(22)8-12-18)20(25)13-14-3-1-2-4-19(14)23/h1-12H,13H2. The predicted octanol–water partition coefficient (Wildman–Crippen LogP) is 5.01. The van der Waals surface area contributed by atoms with Crippen molar-refractivity contribution in [2.45, 2.75) is 6.42 Å². The van der Waals surface area contributed by atoms with Gasteiger partial charge in [-0.25, -0.2) is 13.2 Å². The van der Waals surface area contributed by atoms with Crippen molar-refractivity contribution in [2.75, 3.05) is 4.90 Å². The van der Waals surface area contributed by atoms with Gasteiger partial charge in [0.2, 0.25) is 5.91 Å². The van der Waals surface area contributed by atoms with Crippen molar-refractivity contribution in [2.24, 2.45) is 0 Å². The second-order valence-corrected chi connectivity index (χ2v) is 5.45. The van der Waals surface area contributed by atoms with Crippen LogP contribution >= 0.6 is 0 Å². The van der Waals surface area contributed by atoms with E-state index in [-0.39, 0.29) is 12.0 Å². The molecule has 0 aromatic heterocycles. The summed E-state index contributed by atoms with van der Waals surface area (Å²) in [7, 11) is 0. The minimum atomic E-state index is -0.478. The molecular weight excluding hydrogens is 327 g/mol. The number of hydrogen-bond donors (Lipinski definition) is 0. The molecule has 0 atom stereocenters. The monoisotopic (exact) mass is 341 g/mol. The van der Waals surface area contributed by atoms with E-state index in [2.05, 4.69) is 0 Å². The Bertz CT molecular complexity index is 831. The molecule has 5 heteroatoms. The molecule has 3 rings (SSSR count). The summed E-state index contributed by atoms with van der Waals surface area (Å²) >= 11 is 0. The summed E-state index contributed by atoms with van der Waals surface area (Å²) in [6.07, 6.45) is -0.179. The quantitative estimate of drug-likeness (QED) is 0.653. The molecule has 25 heavy (non-hydrogen) atoms. The maximum absolute atomic E-state index is 13.9. The summed E-state index contributed by atoms with van der Waals surface area (Å²) in [4.78, 5) is 14.1. The van der Waals surface area contributed by atoms with Crippen LogP contribution in [0.5, 0.6) is 0 Å². The number of carbonyl (C=O) groups is 1. The van der Waals surface area contributed by atoms with Gasteiger partial charge in [-0.3, -0.25) is 9.69 Å². The zero-order valence-electron chi connectivity index (χ0n) is 13.1. The van der Waals surface area contributed by atoms with Gasteiger partial charge in [-0.1, -0.05) is 18.2 Å². The Hall–Kier alpha value is -3.08. The average Bonchev–Trinajstić information content (AvgIpc) is 2.60. The van der Waals surface area contributed by atoms with Crippen LogP contribution < -0.4 is 4.90 Å². The SMILES string of the molecule is O=C(Cc1ccccc1F)N(c1ccc(F)cc1)c1ccc(F)cc1. The zero-order valence-corrected chi connectivity index (χ0v) is 13.1. The maximum atomic E-state index is 13.9. The number of rotatable bonds is 4. The first kappa shape index (κ1) is 16.8. The predicted molar refractivity (Wildman–Crippen MR) is 90.1 cm³/mol. The molecule has 0 N–H and O–H groups in total. The number of benzene rings is 3. The van der Waals surface area contributed by atoms with Gasteiger partial charge in [-0.15, -0.1) is 0 Å². The number of hydrogen-bond acceptors (Lipinski definition) is 1. The van der Waals surface area contributed by atoms with Crippen LogP contribution in [-0.2, 0) is 11.2 Å². The summed E-state index contributed by atoms with van der Waals surface area (Å²) < 4.78 is 40.3. The normalized spacial score (nSPS) is 10.5. The molecule has 0 spiro atoms. The molecular formula is C20H14F3NO. The van der Waals surface area contributed by atoms with E-state index < -0.39 is 23.4 Å². The Morgan fingerprint density at radius 2 is 1.20 bits per heavy atom. The van der Waals surface area contributed by atoms with Crippen LogP contribution in [0.4, 0.5) is 24.5 Å². The van der Waals surface area contributed by atoms with Gasteiger partial charge in [-0.05, 0) is 60.2 Å². The van der Waals surface area contributed by atoms with Crippen molar-refractivity contribution in [3.05, 3.63) is 95.8 Å². The molecule has 0 aliphatic carbocycles. The Morgan fingerprint density at radius 1 is 0.720 bits per heavy atom. The Morgan fingerprint density at radius 3 is 1.68 bits per heavy atom. The lowest BCUT2D eigenvalue weighted by molar-refractivity contribution is -0.117. The first-order chi connectivity index (χ1) is 12.0. The highest BCUT2D eigenvalue weighted by molar-refractivity contribution is 6.01. The molecule has 3 aromatic carbocycles. The summed E-state index contributed by atoms with van der Waals surface area (Å²) in [6, 6.07) is 16.7. The van der Waals surface area contributed by atoms with E-state index >= 15 is 0 Å². The Balaban J connectivity index is 1.98. The second kappa shape index (κ2) is 7.21. The maximum Gasteiger partial charge on any atom is 0.236 e. The summed E-state index contributed by atoms with van der Waals surface area (Å²) in [6.45, 7) is 0. The zero-order chi connectivity index (χ0) is 17.8. The van der Waals surface area contributed by atoms with Crippen molar-refractivity contribution in [1.29, 1.82) is 0 Å². The van der Waals surface area contributed by atoms with Crippen molar-refractivity contribution >= 4 is 17.3 Å². The lowest BCUT2D eigenvalue weighted by atomic mass is 10.1. The van der Waals surface area contributed by atoms with Crippen molar-refractivity contribution < 1.29 is 18.0 Å². The third-order valence-electron chi connectivity index (χ3n) is 3.72. The summed E-state index contributed by atoms with van der Waals surface area (Å²) in [5, 5.41) is 0. The van der Waals surface area contributed by atoms with Gasteiger partial charge < -0.3 is 0 Å². The Labute approximate surface area is 143 Å². The molecule has 0 fully saturated rings. The minimum Gasteiger partial charge on any atom is -0.281 e. The van der Waals surface area contributed by atoms with Crippen molar-refractivity contribution in [1.82, 2.24) is 0 Å². The van der Waals surface area contributed by atoms with Gasteiger partial charge in [-0.2, -0.15) is 0 Å². The van der Waals surface area contributed by atoms with Gasteiger partial charge in [0.1, 0.15) is 17.5 Å².